The van der Waals surface area contributed by atoms with Crippen LogP contribution < -0.4 is 5.32 Å². The van der Waals surface area contributed by atoms with Gasteiger partial charge in [-0.1, -0.05) is 18.2 Å². The van der Waals surface area contributed by atoms with Crippen molar-refractivity contribution in [3.63, 3.8) is 0 Å². The van der Waals surface area contributed by atoms with Crippen LogP contribution in [-0.2, 0) is 12.8 Å². The Morgan fingerprint density at radius 1 is 1.38 bits per heavy atom. The molecule has 0 aromatic heterocycles. The number of thioether (sulfide) groups is 1. The van der Waals surface area contributed by atoms with Crippen molar-refractivity contribution < 1.29 is 0 Å². The standard InChI is InChI=1S/C14H19NS/c1-4-12-6-8-16-14(12)13(5-1)9-11-3-2-7-15-10-11/h1,4-5,11,15H,2-3,6-10H2. The predicted octanol–water partition coefficient (Wildman–Crippen LogP) is 2.88. The van der Waals surface area contributed by atoms with E-state index in [1.54, 1.807) is 16.0 Å². The number of rotatable bonds is 2. The summed E-state index contributed by atoms with van der Waals surface area (Å²) in [5.74, 6) is 2.15. The van der Waals surface area contributed by atoms with Crippen LogP contribution in [-0.4, -0.2) is 18.8 Å². The highest BCUT2D eigenvalue weighted by Gasteiger charge is 2.19. The van der Waals surface area contributed by atoms with Crippen LogP contribution in [0.2, 0.25) is 0 Å². The Hall–Kier alpha value is -0.470. The fraction of sp³-hybridized carbons (Fsp3) is 0.571. The molecule has 1 fully saturated rings. The molecule has 1 atom stereocenters. The maximum atomic E-state index is 3.52. The third kappa shape index (κ3) is 2.14. The molecule has 16 heavy (non-hydrogen) atoms. The van der Waals surface area contributed by atoms with E-state index in [-0.39, 0.29) is 0 Å². The van der Waals surface area contributed by atoms with Crippen molar-refractivity contribution in [3.05, 3.63) is 29.3 Å². The summed E-state index contributed by atoms with van der Waals surface area (Å²) in [5, 5.41) is 3.52. The Kier molecular flexibility index (Phi) is 3.20. The first-order chi connectivity index (χ1) is 7.93. The molecule has 0 amide bonds. The predicted molar refractivity (Wildman–Crippen MR) is 70.2 cm³/mol. The average molecular weight is 233 g/mol. The van der Waals surface area contributed by atoms with E-state index in [0.717, 1.165) is 5.92 Å². The molecule has 2 aliphatic heterocycles. The largest absolute Gasteiger partial charge is 0.316 e. The molecule has 1 aromatic rings. The van der Waals surface area contributed by atoms with E-state index in [1.165, 1.54) is 44.5 Å². The summed E-state index contributed by atoms with van der Waals surface area (Å²) >= 11 is 2.06. The maximum absolute atomic E-state index is 3.52. The maximum Gasteiger partial charge on any atom is 0.0137 e. The van der Waals surface area contributed by atoms with Gasteiger partial charge in [-0.25, -0.2) is 0 Å². The fourth-order valence-electron chi connectivity index (χ4n) is 2.85. The summed E-state index contributed by atoms with van der Waals surface area (Å²) in [6, 6.07) is 6.89. The van der Waals surface area contributed by atoms with E-state index in [0.29, 0.717) is 0 Å². The van der Waals surface area contributed by atoms with Gasteiger partial charge in [-0.05, 0) is 55.8 Å². The van der Waals surface area contributed by atoms with Crippen molar-refractivity contribution in [2.75, 3.05) is 18.8 Å². The molecule has 2 heteroatoms. The molecular formula is C14H19NS. The van der Waals surface area contributed by atoms with Gasteiger partial charge in [0.05, 0.1) is 0 Å². The van der Waals surface area contributed by atoms with Crippen LogP contribution in [0.25, 0.3) is 0 Å². The van der Waals surface area contributed by atoms with Gasteiger partial charge in [0.25, 0.3) is 0 Å². The number of nitrogens with one attached hydrogen (secondary N) is 1. The van der Waals surface area contributed by atoms with Gasteiger partial charge >= 0.3 is 0 Å². The minimum Gasteiger partial charge on any atom is -0.316 e. The van der Waals surface area contributed by atoms with Crippen LogP contribution in [0.1, 0.15) is 24.0 Å². The third-order valence-electron chi connectivity index (χ3n) is 3.70. The second-order valence-corrected chi connectivity index (χ2v) is 6.03. The highest BCUT2D eigenvalue weighted by atomic mass is 32.2. The first kappa shape index (κ1) is 10.7. The molecule has 86 valence electrons. The molecule has 0 radical (unpaired) electrons. The summed E-state index contributed by atoms with van der Waals surface area (Å²) in [6.45, 7) is 2.44. The Labute approximate surface area is 102 Å². The minimum absolute atomic E-state index is 0.862. The van der Waals surface area contributed by atoms with Crippen LogP contribution in [0, 0.1) is 5.92 Å². The van der Waals surface area contributed by atoms with Crippen LogP contribution >= 0.6 is 11.8 Å². The Bertz CT molecular complexity index is 369. The second kappa shape index (κ2) is 4.80. The molecule has 3 rings (SSSR count). The molecule has 0 bridgehead atoms. The van der Waals surface area contributed by atoms with E-state index >= 15 is 0 Å². The van der Waals surface area contributed by atoms with E-state index in [1.807, 2.05) is 0 Å². The van der Waals surface area contributed by atoms with Crippen molar-refractivity contribution in [2.45, 2.75) is 30.6 Å². The normalized spacial score (nSPS) is 24.4. The van der Waals surface area contributed by atoms with Gasteiger partial charge in [-0.3, -0.25) is 0 Å². The Balaban J connectivity index is 1.76. The first-order valence-corrected chi connectivity index (χ1v) is 7.36. The van der Waals surface area contributed by atoms with Gasteiger partial charge in [0, 0.05) is 10.6 Å². The van der Waals surface area contributed by atoms with Crippen molar-refractivity contribution in [1.29, 1.82) is 0 Å². The van der Waals surface area contributed by atoms with Gasteiger partial charge in [0.2, 0.25) is 0 Å². The van der Waals surface area contributed by atoms with E-state index in [4.69, 9.17) is 0 Å². The van der Waals surface area contributed by atoms with Gasteiger partial charge in [0.15, 0.2) is 0 Å². The Morgan fingerprint density at radius 2 is 2.38 bits per heavy atom. The van der Waals surface area contributed by atoms with Crippen LogP contribution in [0.4, 0.5) is 0 Å². The topological polar surface area (TPSA) is 12.0 Å². The molecule has 0 spiro atoms. The lowest BCUT2D eigenvalue weighted by Gasteiger charge is -2.23. The summed E-state index contributed by atoms with van der Waals surface area (Å²) < 4.78 is 0. The molecule has 0 saturated carbocycles. The highest BCUT2D eigenvalue weighted by molar-refractivity contribution is 7.99. The SMILES string of the molecule is c1cc2c(c(CC3CCCNC3)c1)SCC2. The molecule has 1 unspecified atom stereocenters. The molecule has 1 nitrogen and oxygen atoms in total. The van der Waals surface area contributed by atoms with Crippen molar-refractivity contribution in [1.82, 2.24) is 5.32 Å². The smallest absolute Gasteiger partial charge is 0.0137 e. The average Bonchev–Trinajstić information content (AvgIpc) is 2.80. The van der Waals surface area contributed by atoms with Gasteiger partial charge in [0.1, 0.15) is 0 Å². The second-order valence-electron chi connectivity index (χ2n) is 4.92. The zero-order valence-corrected chi connectivity index (χ0v) is 10.5. The zero-order valence-electron chi connectivity index (χ0n) is 9.67. The quantitative estimate of drug-likeness (QED) is 0.843. The molecular weight excluding hydrogens is 214 g/mol. The molecule has 2 heterocycles. The summed E-state index contributed by atoms with van der Waals surface area (Å²) in [5.41, 5.74) is 3.19. The van der Waals surface area contributed by atoms with Crippen LogP contribution in [0.15, 0.2) is 23.1 Å². The van der Waals surface area contributed by atoms with Crippen molar-refractivity contribution >= 4 is 11.8 Å². The monoisotopic (exact) mass is 233 g/mol. The minimum atomic E-state index is 0.862. The van der Waals surface area contributed by atoms with Crippen LogP contribution in [0.3, 0.4) is 0 Å². The molecule has 1 N–H and O–H groups in total. The van der Waals surface area contributed by atoms with E-state index in [2.05, 4.69) is 35.3 Å². The number of aryl methyl sites for hydroxylation is 1. The van der Waals surface area contributed by atoms with E-state index in [9.17, 15) is 0 Å². The zero-order chi connectivity index (χ0) is 10.8. The number of hydrogen-bond acceptors (Lipinski definition) is 2. The number of benzene rings is 1. The molecule has 0 aliphatic carbocycles. The van der Waals surface area contributed by atoms with E-state index < -0.39 is 0 Å². The lowest BCUT2D eigenvalue weighted by atomic mass is 9.91. The van der Waals surface area contributed by atoms with Gasteiger partial charge < -0.3 is 5.32 Å². The summed E-state index contributed by atoms with van der Waals surface area (Å²) in [7, 11) is 0. The summed E-state index contributed by atoms with van der Waals surface area (Å²) in [4.78, 5) is 1.60. The molecule has 2 aliphatic rings. The lowest BCUT2D eigenvalue weighted by molar-refractivity contribution is 0.374. The highest BCUT2D eigenvalue weighted by Crippen LogP contribution is 2.35. The van der Waals surface area contributed by atoms with Crippen molar-refractivity contribution in [2.24, 2.45) is 5.92 Å². The third-order valence-corrected chi connectivity index (χ3v) is 4.92. The first-order valence-electron chi connectivity index (χ1n) is 6.38. The summed E-state index contributed by atoms with van der Waals surface area (Å²) in [6.07, 6.45) is 5.31. The molecule has 1 aromatic carbocycles. The number of fused-ring (bicyclic) bond motifs is 1. The fourth-order valence-corrected chi connectivity index (χ4v) is 4.07. The lowest BCUT2D eigenvalue weighted by Crippen LogP contribution is -2.30. The van der Waals surface area contributed by atoms with Crippen LogP contribution in [0.5, 0.6) is 0 Å². The van der Waals surface area contributed by atoms with Crippen molar-refractivity contribution in [3.8, 4) is 0 Å². The number of piperidine rings is 1. The number of hydrogen-bond donors (Lipinski definition) is 1. The van der Waals surface area contributed by atoms with Gasteiger partial charge in [-0.15, -0.1) is 11.8 Å². The van der Waals surface area contributed by atoms with Gasteiger partial charge in [-0.2, -0.15) is 0 Å². The Morgan fingerprint density at radius 3 is 3.25 bits per heavy atom. The molecule has 1 saturated heterocycles.